The number of nitrogens with one attached hydrogen (secondary N) is 1. The molecule has 1 atom stereocenters. The van der Waals surface area contributed by atoms with E-state index in [-0.39, 0.29) is 5.91 Å². The zero-order valence-electron chi connectivity index (χ0n) is 16.0. The Kier molecular flexibility index (Phi) is 4.58. The second-order valence-corrected chi connectivity index (χ2v) is 8.47. The van der Waals surface area contributed by atoms with Gasteiger partial charge >= 0.3 is 6.09 Å². The molecular weight excluding hydrogens is 332 g/mol. The molecule has 142 valence electrons. The number of fused-ring (bicyclic) bond motifs is 1. The molecular formula is C19H28N4O3. The fraction of sp³-hybridized carbons (Fsp3) is 0.632. The topological polar surface area (TPSA) is 97.6 Å². The van der Waals surface area contributed by atoms with Gasteiger partial charge in [0.05, 0.1) is 22.5 Å². The first kappa shape index (κ1) is 18.5. The molecule has 1 aromatic heterocycles. The van der Waals surface area contributed by atoms with Crippen molar-refractivity contribution in [3.8, 4) is 0 Å². The lowest BCUT2D eigenvalue weighted by Gasteiger charge is -2.38. The number of rotatable bonds is 4. The highest BCUT2D eigenvalue weighted by molar-refractivity contribution is 6.07. The molecule has 0 radical (unpaired) electrons. The third-order valence-corrected chi connectivity index (χ3v) is 5.34. The number of carbonyl (C=O) groups excluding carboxylic acids is 2. The smallest absolute Gasteiger partial charge is 0.405 e. The fourth-order valence-electron chi connectivity index (χ4n) is 4.15. The SMILES string of the molecule is CC(C)(CC1CCCN(c2ccnc3c2NC(=O)C3(C)C)C1)OC(N)=O. The standard InChI is InChI=1S/C19H28N4O3/c1-18(2,26-17(20)25)10-12-6-5-9-23(11-12)13-7-8-21-15-14(13)22-16(24)19(15,3)4/h7-8,12H,5-6,9-11H2,1-4H3,(H2,20,25)(H,22,24). The Bertz CT molecular complexity index is 729. The first-order chi connectivity index (χ1) is 12.1. The molecule has 0 bridgehead atoms. The van der Waals surface area contributed by atoms with Gasteiger partial charge in [0.2, 0.25) is 5.91 Å². The number of hydrogen-bond donors (Lipinski definition) is 2. The van der Waals surface area contributed by atoms with Crippen LogP contribution in [0.2, 0.25) is 0 Å². The van der Waals surface area contributed by atoms with E-state index in [0.717, 1.165) is 49.4 Å². The van der Waals surface area contributed by atoms with E-state index >= 15 is 0 Å². The van der Waals surface area contributed by atoms with Crippen molar-refractivity contribution < 1.29 is 14.3 Å². The van der Waals surface area contributed by atoms with Crippen LogP contribution in [-0.4, -0.2) is 35.7 Å². The number of primary amides is 1. The van der Waals surface area contributed by atoms with E-state index in [1.807, 2.05) is 33.8 Å². The van der Waals surface area contributed by atoms with Crippen LogP contribution in [0.15, 0.2) is 12.3 Å². The van der Waals surface area contributed by atoms with Crippen molar-refractivity contribution in [3.63, 3.8) is 0 Å². The van der Waals surface area contributed by atoms with Crippen LogP contribution in [0.4, 0.5) is 16.2 Å². The number of ether oxygens (including phenoxy) is 1. The number of nitrogens with two attached hydrogens (primary N) is 1. The second-order valence-electron chi connectivity index (χ2n) is 8.47. The maximum Gasteiger partial charge on any atom is 0.405 e. The number of pyridine rings is 1. The molecule has 1 aromatic rings. The molecule has 2 aliphatic heterocycles. The third kappa shape index (κ3) is 3.48. The number of carbonyl (C=O) groups is 2. The monoisotopic (exact) mass is 360 g/mol. The van der Waals surface area contributed by atoms with Crippen molar-refractivity contribution in [2.75, 3.05) is 23.3 Å². The molecule has 3 heterocycles. The summed E-state index contributed by atoms with van der Waals surface area (Å²) in [5.74, 6) is 0.365. The number of aromatic nitrogens is 1. The number of anilines is 2. The van der Waals surface area contributed by atoms with Crippen molar-refractivity contribution in [1.29, 1.82) is 0 Å². The van der Waals surface area contributed by atoms with E-state index in [2.05, 4.69) is 15.2 Å². The number of hydrogen-bond acceptors (Lipinski definition) is 5. The molecule has 3 rings (SSSR count). The Hall–Kier alpha value is -2.31. The Morgan fingerprint density at radius 2 is 2.23 bits per heavy atom. The fourth-order valence-corrected chi connectivity index (χ4v) is 4.15. The van der Waals surface area contributed by atoms with Crippen molar-refractivity contribution >= 4 is 23.4 Å². The van der Waals surface area contributed by atoms with Crippen LogP contribution < -0.4 is 16.0 Å². The number of nitrogens with zero attached hydrogens (tertiary/aromatic N) is 2. The van der Waals surface area contributed by atoms with Gasteiger partial charge in [-0.15, -0.1) is 0 Å². The average molecular weight is 360 g/mol. The molecule has 7 nitrogen and oxygen atoms in total. The van der Waals surface area contributed by atoms with Crippen LogP contribution in [0.3, 0.4) is 0 Å². The van der Waals surface area contributed by atoms with Gasteiger partial charge in [-0.2, -0.15) is 0 Å². The molecule has 1 unspecified atom stereocenters. The number of amides is 2. The minimum absolute atomic E-state index is 0.0167. The Labute approximate surface area is 154 Å². The maximum absolute atomic E-state index is 12.3. The van der Waals surface area contributed by atoms with Crippen LogP contribution in [0.1, 0.15) is 52.7 Å². The summed E-state index contributed by atoms with van der Waals surface area (Å²) in [5, 5.41) is 3.01. The molecule has 0 aromatic carbocycles. The minimum atomic E-state index is -0.737. The largest absolute Gasteiger partial charge is 0.444 e. The summed E-state index contributed by atoms with van der Waals surface area (Å²) in [4.78, 5) is 30.2. The summed E-state index contributed by atoms with van der Waals surface area (Å²) < 4.78 is 5.25. The predicted octanol–water partition coefficient (Wildman–Crippen LogP) is 2.79. The molecule has 26 heavy (non-hydrogen) atoms. The summed E-state index contributed by atoms with van der Waals surface area (Å²) in [6.07, 6.45) is 3.91. The summed E-state index contributed by atoms with van der Waals surface area (Å²) in [5.41, 5.74) is 6.64. The molecule has 1 saturated heterocycles. The van der Waals surface area contributed by atoms with Gasteiger partial charge in [-0.1, -0.05) is 0 Å². The van der Waals surface area contributed by atoms with E-state index in [0.29, 0.717) is 5.92 Å². The van der Waals surface area contributed by atoms with Gasteiger partial charge in [-0.3, -0.25) is 9.78 Å². The van der Waals surface area contributed by atoms with Crippen molar-refractivity contribution in [2.24, 2.45) is 11.7 Å². The van der Waals surface area contributed by atoms with E-state index in [9.17, 15) is 9.59 Å². The third-order valence-electron chi connectivity index (χ3n) is 5.34. The van der Waals surface area contributed by atoms with E-state index < -0.39 is 17.1 Å². The lowest BCUT2D eigenvalue weighted by atomic mass is 9.86. The van der Waals surface area contributed by atoms with Gasteiger partial charge in [0.25, 0.3) is 0 Å². The Morgan fingerprint density at radius 3 is 2.92 bits per heavy atom. The molecule has 2 amide bonds. The highest BCUT2D eigenvalue weighted by atomic mass is 16.6. The molecule has 0 spiro atoms. The average Bonchev–Trinajstić information content (AvgIpc) is 2.75. The van der Waals surface area contributed by atoms with Crippen molar-refractivity contribution in [3.05, 3.63) is 18.0 Å². The number of piperidine rings is 1. The van der Waals surface area contributed by atoms with E-state index in [4.69, 9.17) is 10.5 Å². The molecule has 0 aliphatic carbocycles. The summed E-state index contributed by atoms with van der Waals surface area (Å²) in [6.45, 7) is 9.35. The normalized spacial score (nSPS) is 21.9. The molecule has 1 fully saturated rings. The zero-order chi connectivity index (χ0) is 19.1. The van der Waals surface area contributed by atoms with E-state index in [1.165, 1.54) is 0 Å². The maximum atomic E-state index is 12.3. The quantitative estimate of drug-likeness (QED) is 0.860. The van der Waals surface area contributed by atoms with Gasteiger partial charge in [-0.05, 0) is 58.9 Å². The van der Waals surface area contributed by atoms with Gasteiger partial charge in [-0.25, -0.2) is 4.79 Å². The van der Waals surface area contributed by atoms with Crippen molar-refractivity contribution in [1.82, 2.24) is 4.98 Å². The lowest BCUT2D eigenvalue weighted by molar-refractivity contribution is -0.119. The highest BCUT2D eigenvalue weighted by Gasteiger charge is 2.42. The lowest BCUT2D eigenvalue weighted by Crippen LogP contribution is -2.40. The molecule has 3 N–H and O–H groups in total. The first-order valence-electron chi connectivity index (χ1n) is 9.14. The summed E-state index contributed by atoms with van der Waals surface area (Å²) in [6, 6.07) is 1.97. The van der Waals surface area contributed by atoms with Crippen LogP contribution in [0.5, 0.6) is 0 Å². The minimum Gasteiger partial charge on any atom is -0.444 e. The van der Waals surface area contributed by atoms with Crippen LogP contribution >= 0.6 is 0 Å². The van der Waals surface area contributed by atoms with Gasteiger partial charge in [0.15, 0.2) is 0 Å². The zero-order valence-corrected chi connectivity index (χ0v) is 16.0. The van der Waals surface area contributed by atoms with Crippen LogP contribution in [0.25, 0.3) is 0 Å². The summed E-state index contributed by atoms with van der Waals surface area (Å²) in [7, 11) is 0. The van der Waals surface area contributed by atoms with Crippen LogP contribution in [0, 0.1) is 5.92 Å². The van der Waals surface area contributed by atoms with E-state index in [1.54, 1.807) is 6.20 Å². The van der Waals surface area contributed by atoms with Crippen molar-refractivity contribution in [2.45, 2.75) is 58.0 Å². The predicted molar refractivity (Wildman–Crippen MR) is 100 cm³/mol. The highest BCUT2D eigenvalue weighted by Crippen LogP contribution is 2.42. The molecule has 7 heteroatoms. The van der Waals surface area contributed by atoms with Gasteiger partial charge < -0.3 is 20.7 Å². The first-order valence-corrected chi connectivity index (χ1v) is 9.14. The second kappa shape index (κ2) is 6.45. The van der Waals surface area contributed by atoms with Gasteiger partial charge in [0, 0.05) is 19.3 Å². The van der Waals surface area contributed by atoms with Crippen LogP contribution in [-0.2, 0) is 14.9 Å². The summed E-state index contributed by atoms with van der Waals surface area (Å²) >= 11 is 0. The Morgan fingerprint density at radius 1 is 1.50 bits per heavy atom. The molecule has 0 saturated carbocycles. The Balaban J connectivity index is 1.79. The molecule has 2 aliphatic rings. The van der Waals surface area contributed by atoms with Gasteiger partial charge in [0.1, 0.15) is 5.60 Å².